The van der Waals surface area contributed by atoms with E-state index in [1.165, 1.54) is 0 Å². The first-order valence-electron chi connectivity index (χ1n) is 5.81. The van der Waals surface area contributed by atoms with E-state index >= 15 is 0 Å². The van der Waals surface area contributed by atoms with Gasteiger partial charge in [-0.1, -0.05) is 174 Å². The number of hydrogen-bond donors (Lipinski definition) is 1. The molecule has 28 heavy (non-hydrogen) atoms. The van der Waals surface area contributed by atoms with E-state index in [4.69, 9.17) is 174 Å². The molecule has 1 aromatic carbocycles. The van der Waals surface area contributed by atoms with Crippen LogP contribution in [0.5, 0.6) is 0 Å². The molecule has 17 heteroatoms. The minimum atomic E-state index is -2.38. The van der Waals surface area contributed by atoms with E-state index < -0.39 is 35.7 Å². The fourth-order valence-electron chi connectivity index (χ4n) is 2.14. The topological polar surface area (TPSA) is 0 Å². The van der Waals surface area contributed by atoms with Gasteiger partial charge in [0, 0.05) is 62.3 Å². The summed E-state index contributed by atoms with van der Waals surface area (Å²) in [6.45, 7) is 0. The van der Waals surface area contributed by atoms with Gasteiger partial charge in [0.05, 0.1) is 0 Å². The Labute approximate surface area is 263 Å². The van der Waals surface area contributed by atoms with Gasteiger partial charge in [0.2, 0.25) is 19.0 Å². The molecule has 0 saturated carbocycles. The van der Waals surface area contributed by atoms with Crippen LogP contribution in [0.2, 0.25) is 0 Å². The standard InChI is InChI=1S/C11HCl15S.Na/c12-7(13,14)1-2(8(15,16)17)4(10(21,22)23)6(27)5(11(24,25)26)3(1)9(18,19)20;/h27H;. The zero-order valence-electron chi connectivity index (χ0n) is 12.6. The van der Waals surface area contributed by atoms with Crippen LogP contribution < -0.4 is 0 Å². The van der Waals surface area contributed by atoms with E-state index in [1.54, 1.807) is 0 Å². The number of rotatable bonds is 0. The van der Waals surface area contributed by atoms with E-state index in [0.29, 0.717) is 0 Å². The van der Waals surface area contributed by atoms with Crippen LogP contribution in [-0.2, 0) is 19.0 Å². The molecule has 0 amide bonds. The van der Waals surface area contributed by atoms with Gasteiger partial charge in [-0.15, -0.1) is 12.6 Å². The molecule has 0 unspecified atom stereocenters. The Kier molecular flexibility index (Phi) is 12.8. The SMILES string of the molecule is Sc1c(C(Cl)(Cl)Cl)c(C(Cl)(Cl)Cl)c(C(Cl)(Cl)Cl)c(C(Cl)(Cl)Cl)c1C(Cl)(Cl)Cl.[Na]. The van der Waals surface area contributed by atoms with Crippen LogP contribution in [0.25, 0.3) is 0 Å². The van der Waals surface area contributed by atoms with Crippen LogP contribution in [0.15, 0.2) is 4.90 Å². The van der Waals surface area contributed by atoms with Gasteiger partial charge in [-0.05, 0) is 0 Å². The van der Waals surface area contributed by atoms with Gasteiger partial charge in [-0.2, -0.15) is 0 Å². The first kappa shape index (κ1) is 32.9. The monoisotopic (exact) mass is 713 g/mol. The predicted molar refractivity (Wildman–Crippen MR) is 136 cm³/mol. The predicted octanol–water partition coefficient (Wildman–Crippen LogP) is 10.7. The van der Waals surface area contributed by atoms with Gasteiger partial charge < -0.3 is 0 Å². The maximum absolute atomic E-state index is 6.07. The molecule has 0 fully saturated rings. The minimum absolute atomic E-state index is 0. The van der Waals surface area contributed by atoms with Gasteiger partial charge in [0.25, 0.3) is 0 Å². The Bertz CT molecular complexity index is 678. The molecule has 0 aromatic heterocycles. The summed E-state index contributed by atoms with van der Waals surface area (Å²) in [4.78, 5) is -0.268. The van der Waals surface area contributed by atoms with E-state index in [9.17, 15) is 0 Å². The molecule has 0 bridgehead atoms. The van der Waals surface area contributed by atoms with Crippen LogP contribution in [-0.4, -0.2) is 29.6 Å². The number of alkyl halides is 15. The van der Waals surface area contributed by atoms with Gasteiger partial charge in [0.1, 0.15) is 0 Å². The molecule has 0 atom stereocenters. The maximum atomic E-state index is 6.07. The Morgan fingerprint density at radius 1 is 0.357 bits per heavy atom. The van der Waals surface area contributed by atoms with Crippen molar-refractivity contribution in [3.63, 3.8) is 0 Å². The zero-order valence-corrected chi connectivity index (χ0v) is 26.9. The average Bonchev–Trinajstić information content (AvgIpc) is 2.29. The van der Waals surface area contributed by atoms with E-state index in [2.05, 4.69) is 12.6 Å². The summed E-state index contributed by atoms with van der Waals surface area (Å²) >= 11 is 95.0. The zero-order chi connectivity index (χ0) is 22.0. The smallest absolute Gasteiger partial charge is 0.143 e. The second-order valence-corrected chi connectivity index (χ2v) is 16.6. The molecule has 0 nitrogen and oxygen atoms in total. The molecular formula is C11HCl15NaS. The summed E-state index contributed by atoms with van der Waals surface area (Å²) < 4.78 is -11.6. The third-order valence-corrected chi connectivity index (χ3v) is 6.17. The molecule has 0 aliphatic carbocycles. The largest absolute Gasteiger partial charge is 0.217 e. The summed E-state index contributed by atoms with van der Waals surface area (Å²) in [6.07, 6.45) is 0. The van der Waals surface area contributed by atoms with Crippen molar-refractivity contribution in [2.45, 2.75) is 23.9 Å². The van der Waals surface area contributed by atoms with Gasteiger partial charge >= 0.3 is 0 Å². The van der Waals surface area contributed by atoms with Crippen LogP contribution in [0, 0.1) is 0 Å². The summed E-state index contributed by atoms with van der Waals surface area (Å²) in [7, 11) is 0. The van der Waals surface area contributed by atoms with E-state index in [1.807, 2.05) is 0 Å². The number of thiol groups is 1. The van der Waals surface area contributed by atoms with Crippen molar-refractivity contribution < 1.29 is 0 Å². The fourth-order valence-corrected chi connectivity index (χ4v) is 5.93. The normalized spacial score (nSPS) is 14.1. The summed E-state index contributed by atoms with van der Waals surface area (Å²) in [6, 6.07) is 0. The molecule has 0 spiro atoms. The van der Waals surface area contributed by atoms with Crippen molar-refractivity contribution in [2.24, 2.45) is 0 Å². The summed E-state index contributed by atoms with van der Waals surface area (Å²) in [5.74, 6) is 0. The molecule has 157 valence electrons. The molecule has 1 aromatic rings. The van der Waals surface area contributed by atoms with E-state index in [-0.39, 0.29) is 45.6 Å². The molecule has 1 rings (SSSR count). The summed E-state index contributed by atoms with van der Waals surface area (Å²) in [5.41, 5.74) is -2.01. The third kappa shape index (κ3) is 7.97. The van der Waals surface area contributed by atoms with Crippen molar-refractivity contribution in [3.05, 3.63) is 27.8 Å². The quantitative estimate of drug-likeness (QED) is 0.154. The Balaban J connectivity index is 0.00000729. The van der Waals surface area contributed by atoms with Crippen LogP contribution in [0.4, 0.5) is 0 Å². The maximum Gasteiger partial charge on any atom is 0.217 e. The average molecular weight is 720 g/mol. The van der Waals surface area contributed by atoms with E-state index in [0.717, 1.165) is 0 Å². The van der Waals surface area contributed by atoms with Crippen molar-refractivity contribution in [1.82, 2.24) is 0 Å². The fraction of sp³-hybridized carbons (Fsp3) is 0.455. The molecule has 0 N–H and O–H groups in total. The van der Waals surface area contributed by atoms with Crippen molar-refractivity contribution in [3.8, 4) is 0 Å². The summed E-state index contributed by atoms with van der Waals surface area (Å²) in [5, 5.41) is 0. The number of hydrogen-bond acceptors (Lipinski definition) is 1. The van der Waals surface area contributed by atoms with Gasteiger partial charge in [-0.3, -0.25) is 0 Å². The second-order valence-electron chi connectivity index (χ2n) is 4.71. The molecule has 0 heterocycles. The first-order valence-corrected chi connectivity index (χ1v) is 11.9. The van der Waals surface area contributed by atoms with Crippen LogP contribution in [0.3, 0.4) is 0 Å². The number of halogens is 15. The Morgan fingerprint density at radius 3 is 0.643 bits per heavy atom. The van der Waals surface area contributed by atoms with Crippen LogP contribution >= 0.6 is 187 Å². The first-order chi connectivity index (χ1) is 11.5. The molecule has 0 saturated heterocycles. The minimum Gasteiger partial charge on any atom is -0.143 e. The Hall–Kier alpha value is 4.92. The van der Waals surface area contributed by atoms with Gasteiger partial charge in [-0.25, -0.2) is 0 Å². The Morgan fingerprint density at radius 2 is 0.500 bits per heavy atom. The molecule has 1 radical (unpaired) electrons. The van der Waals surface area contributed by atoms with Crippen molar-refractivity contribution in [2.75, 3.05) is 0 Å². The number of benzene rings is 1. The molecule has 0 aliphatic rings. The van der Waals surface area contributed by atoms with Crippen LogP contribution in [0.1, 0.15) is 27.8 Å². The van der Waals surface area contributed by atoms with Gasteiger partial charge in [0.15, 0.2) is 0 Å². The molecule has 0 aliphatic heterocycles. The van der Waals surface area contributed by atoms with Crippen molar-refractivity contribution in [1.29, 1.82) is 0 Å². The third-order valence-electron chi connectivity index (χ3n) is 2.89. The second kappa shape index (κ2) is 10.9. The molecular weight excluding hydrogens is 719 g/mol. The van der Waals surface area contributed by atoms with Crippen molar-refractivity contribution >= 4 is 216 Å².